The third-order valence-corrected chi connectivity index (χ3v) is 5.67. The highest BCUT2D eigenvalue weighted by Crippen LogP contribution is 2.36. The highest BCUT2D eigenvalue weighted by Gasteiger charge is 2.51. The second kappa shape index (κ2) is 7.94. The van der Waals surface area contributed by atoms with Crippen molar-refractivity contribution in [3.05, 3.63) is 60.3 Å². The summed E-state index contributed by atoms with van der Waals surface area (Å²) in [5.74, 6) is -3.15. The van der Waals surface area contributed by atoms with Gasteiger partial charge in [0.2, 0.25) is 0 Å². The van der Waals surface area contributed by atoms with Crippen LogP contribution in [0.3, 0.4) is 0 Å². The van der Waals surface area contributed by atoms with E-state index in [1.54, 1.807) is 50.4 Å². The maximum atomic E-state index is 15.3. The van der Waals surface area contributed by atoms with Crippen molar-refractivity contribution in [1.29, 1.82) is 0 Å². The molecule has 160 valence electrons. The standard InChI is InChI=1S/C23H20F2N2O4/c1-3-23(4-2)20(28)30-22(31-21(23)29)27-17-10-8-15(24)18(19(17)25)14-7-9-16-13(12-14)6-5-11-26-16/h5-12,22,27H,3-4H2,1-2H3. The molecule has 8 heteroatoms. The average molecular weight is 426 g/mol. The maximum absolute atomic E-state index is 15.3. The first kappa shape index (κ1) is 20.7. The number of fused-ring (bicyclic) bond motifs is 1. The van der Waals surface area contributed by atoms with E-state index in [-0.39, 0.29) is 24.1 Å². The summed E-state index contributed by atoms with van der Waals surface area (Å²) in [7, 11) is 0. The van der Waals surface area contributed by atoms with E-state index in [1.165, 1.54) is 0 Å². The number of rotatable bonds is 5. The maximum Gasteiger partial charge on any atom is 0.329 e. The number of cyclic esters (lactones) is 2. The molecule has 6 nitrogen and oxygen atoms in total. The lowest BCUT2D eigenvalue weighted by Crippen LogP contribution is -2.51. The second-order valence-corrected chi connectivity index (χ2v) is 7.27. The van der Waals surface area contributed by atoms with E-state index in [9.17, 15) is 14.0 Å². The van der Waals surface area contributed by atoms with Gasteiger partial charge < -0.3 is 14.8 Å². The molecule has 0 saturated carbocycles. The van der Waals surface area contributed by atoms with E-state index in [0.717, 1.165) is 17.5 Å². The monoisotopic (exact) mass is 426 g/mol. The number of hydrogen-bond acceptors (Lipinski definition) is 6. The number of halogens is 2. The van der Waals surface area contributed by atoms with Crippen LogP contribution in [-0.2, 0) is 19.1 Å². The van der Waals surface area contributed by atoms with E-state index < -0.39 is 35.4 Å². The van der Waals surface area contributed by atoms with Crippen molar-refractivity contribution in [3.8, 4) is 11.1 Å². The Kier molecular flexibility index (Phi) is 5.31. The molecule has 1 fully saturated rings. The van der Waals surface area contributed by atoms with Gasteiger partial charge in [0.25, 0.3) is 0 Å². The summed E-state index contributed by atoms with van der Waals surface area (Å²) in [6, 6.07) is 10.6. The zero-order chi connectivity index (χ0) is 22.2. The summed E-state index contributed by atoms with van der Waals surface area (Å²) in [6.07, 6.45) is 0.561. The Balaban J connectivity index is 1.65. The molecule has 0 atom stereocenters. The molecule has 1 aromatic heterocycles. The third-order valence-electron chi connectivity index (χ3n) is 5.67. The lowest BCUT2D eigenvalue weighted by atomic mass is 9.82. The molecular weight excluding hydrogens is 406 g/mol. The second-order valence-electron chi connectivity index (χ2n) is 7.27. The molecule has 1 saturated heterocycles. The molecule has 0 spiro atoms. The molecule has 0 aliphatic carbocycles. The predicted octanol–water partition coefficient (Wildman–Crippen LogP) is 4.78. The fourth-order valence-corrected chi connectivity index (χ4v) is 3.70. The minimum atomic E-state index is -1.51. The number of aromatic nitrogens is 1. The van der Waals surface area contributed by atoms with Gasteiger partial charge in [0, 0.05) is 11.6 Å². The van der Waals surface area contributed by atoms with Crippen LogP contribution in [-0.4, -0.2) is 23.3 Å². The van der Waals surface area contributed by atoms with Gasteiger partial charge in [0.15, 0.2) is 11.2 Å². The number of ether oxygens (including phenoxy) is 2. The van der Waals surface area contributed by atoms with Crippen LogP contribution in [0.4, 0.5) is 14.5 Å². The number of benzene rings is 2. The SMILES string of the molecule is CCC1(CC)C(=O)OC(Nc2ccc(F)c(-c3ccc4ncccc4c3)c2F)OC1=O. The van der Waals surface area contributed by atoms with E-state index in [1.807, 2.05) is 0 Å². The predicted molar refractivity (Wildman–Crippen MR) is 110 cm³/mol. The van der Waals surface area contributed by atoms with Gasteiger partial charge in [-0.05, 0) is 48.7 Å². The van der Waals surface area contributed by atoms with E-state index in [2.05, 4.69) is 10.3 Å². The van der Waals surface area contributed by atoms with Crippen LogP contribution < -0.4 is 5.32 Å². The summed E-state index contributed by atoms with van der Waals surface area (Å²) in [4.78, 5) is 29.0. The zero-order valence-corrected chi connectivity index (χ0v) is 16.9. The fraction of sp³-hybridized carbons (Fsp3) is 0.261. The van der Waals surface area contributed by atoms with Gasteiger partial charge in [-0.3, -0.25) is 14.6 Å². The minimum absolute atomic E-state index is 0.172. The first-order valence-corrected chi connectivity index (χ1v) is 9.91. The molecule has 0 amide bonds. The van der Waals surface area contributed by atoms with E-state index in [0.29, 0.717) is 11.1 Å². The molecule has 1 aliphatic heterocycles. The van der Waals surface area contributed by atoms with E-state index in [4.69, 9.17) is 9.47 Å². The zero-order valence-electron chi connectivity index (χ0n) is 16.9. The highest BCUT2D eigenvalue weighted by molar-refractivity contribution is 6.01. The van der Waals surface area contributed by atoms with Crippen molar-refractivity contribution < 1.29 is 27.8 Å². The van der Waals surface area contributed by atoms with Gasteiger partial charge in [-0.2, -0.15) is 0 Å². The number of carbonyl (C=O) groups excluding carboxylic acids is 2. The van der Waals surface area contributed by atoms with Crippen molar-refractivity contribution in [1.82, 2.24) is 4.98 Å². The molecule has 2 heterocycles. The number of nitrogens with one attached hydrogen (secondary N) is 1. The molecule has 0 bridgehead atoms. The largest absolute Gasteiger partial charge is 0.405 e. The normalized spacial score (nSPS) is 16.1. The number of nitrogens with zero attached hydrogens (tertiary/aromatic N) is 1. The Labute approximate surface area is 177 Å². The van der Waals surface area contributed by atoms with E-state index >= 15 is 4.39 Å². The van der Waals surface area contributed by atoms with Gasteiger partial charge in [-0.1, -0.05) is 26.0 Å². The Bertz CT molecular complexity index is 1160. The molecule has 1 aliphatic rings. The first-order chi connectivity index (χ1) is 14.9. The Hall–Kier alpha value is -3.55. The molecule has 0 unspecified atom stereocenters. The number of pyridine rings is 1. The molecule has 1 N–H and O–H groups in total. The van der Waals surface area contributed by atoms with Gasteiger partial charge >= 0.3 is 18.4 Å². The topological polar surface area (TPSA) is 77.5 Å². The van der Waals surface area contributed by atoms with Crippen LogP contribution in [0, 0.1) is 17.0 Å². The lowest BCUT2D eigenvalue weighted by Gasteiger charge is -2.35. The fourth-order valence-electron chi connectivity index (χ4n) is 3.70. The number of anilines is 1. The van der Waals surface area contributed by atoms with Crippen LogP contribution in [0.25, 0.3) is 22.0 Å². The van der Waals surface area contributed by atoms with Crippen LogP contribution in [0.2, 0.25) is 0 Å². The van der Waals surface area contributed by atoms with Crippen molar-refractivity contribution in [3.63, 3.8) is 0 Å². The van der Waals surface area contributed by atoms with Crippen LogP contribution >= 0.6 is 0 Å². The number of carbonyl (C=O) groups is 2. The summed E-state index contributed by atoms with van der Waals surface area (Å²) < 4.78 is 40.2. The molecular formula is C23H20F2N2O4. The summed E-state index contributed by atoms with van der Waals surface area (Å²) in [5.41, 5.74) is -0.802. The molecule has 3 aromatic rings. The van der Waals surface area contributed by atoms with Gasteiger partial charge in [-0.15, -0.1) is 0 Å². The first-order valence-electron chi connectivity index (χ1n) is 9.91. The minimum Gasteiger partial charge on any atom is -0.405 e. The van der Waals surface area contributed by atoms with Crippen LogP contribution in [0.1, 0.15) is 26.7 Å². The Morgan fingerprint density at radius 2 is 1.74 bits per heavy atom. The number of hydrogen-bond donors (Lipinski definition) is 1. The summed E-state index contributed by atoms with van der Waals surface area (Å²) >= 11 is 0. The molecule has 0 radical (unpaired) electrons. The molecule has 31 heavy (non-hydrogen) atoms. The van der Waals surface area contributed by atoms with Gasteiger partial charge in [-0.25, -0.2) is 8.78 Å². The smallest absolute Gasteiger partial charge is 0.329 e. The van der Waals surface area contributed by atoms with Crippen molar-refractivity contribution in [2.75, 3.05) is 5.32 Å². The quantitative estimate of drug-likeness (QED) is 0.467. The van der Waals surface area contributed by atoms with Crippen molar-refractivity contribution >= 4 is 28.5 Å². The summed E-state index contributed by atoms with van der Waals surface area (Å²) in [6.45, 7) is 3.37. The van der Waals surface area contributed by atoms with Crippen molar-refractivity contribution in [2.45, 2.75) is 33.1 Å². The van der Waals surface area contributed by atoms with Crippen LogP contribution in [0.5, 0.6) is 0 Å². The highest BCUT2D eigenvalue weighted by atomic mass is 19.1. The molecule has 4 rings (SSSR count). The average Bonchev–Trinajstić information content (AvgIpc) is 2.76. The van der Waals surface area contributed by atoms with Gasteiger partial charge in [0.1, 0.15) is 5.82 Å². The summed E-state index contributed by atoms with van der Waals surface area (Å²) in [5, 5.41) is 3.26. The van der Waals surface area contributed by atoms with Crippen LogP contribution in [0.15, 0.2) is 48.7 Å². The lowest BCUT2D eigenvalue weighted by molar-refractivity contribution is -0.219. The van der Waals surface area contributed by atoms with Gasteiger partial charge in [0.05, 0.1) is 16.8 Å². The Morgan fingerprint density at radius 3 is 2.42 bits per heavy atom. The van der Waals surface area contributed by atoms with Crippen molar-refractivity contribution in [2.24, 2.45) is 5.41 Å². The Morgan fingerprint density at radius 1 is 1.03 bits per heavy atom. The number of esters is 2. The third kappa shape index (κ3) is 3.48. The molecule has 2 aromatic carbocycles.